The standard InChI is InChI=1S/C58H58N4O.Pt/c1-55(2,3)39-24-26-46(49(34-39)58(10,11)12)38-28-29-59-54(30-38)62-50-21-14-13-20-47(50)48-27-25-45(36-53(48)62)63-44-19-17-18-42(35-44)60-37-61(52-23-16-15-22-51(52)60)43-32-40(56(4,5)6)31-41(33-43)57(7,8)9;/h13-34H,1-12H3;/q-2;. The van der Waals surface area contributed by atoms with Gasteiger partial charge in [-0.05, 0) is 96.4 Å². The van der Waals surface area contributed by atoms with Crippen LogP contribution in [-0.4, -0.2) is 14.1 Å². The van der Waals surface area contributed by atoms with E-state index >= 15 is 0 Å². The van der Waals surface area contributed by atoms with E-state index in [1.54, 1.807) is 0 Å². The number of fused-ring (bicyclic) bond motifs is 4. The summed E-state index contributed by atoms with van der Waals surface area (Å²) in [7, 11) is 0. The van der Waals surface area contributed by atoms with Crippen LogP contribution in [0.3, 0.4) is 0 Å². The molecule has 0 unspecified atom stereocenters. The summed E-state index contributed by atoms with van der Waals surface area (Å²) in [5, 5.41) is 2.21. The van der Waals surface area contributed by atoms with Crippen LogP contribution in [0.1, 0.15) is 105 Å². The maximum absolute atomic E-state index is 6.65. The molecule has 328 valence electrons. The number of para-hydroxylation sites is 3. The second kappa shape index (κ2) is 16.3. The zero-order valence-electron chi connectivity index (χ0n) is 39.2. The predicted octanol–water partition coefficient (Wildman–Crippen LogP) is 14.4. The Labute approximate surface area is 394 Å². The van der Waals surface area contributed by atoms with E-state index in [2.05, 4.69) is 224 Å². The first-order chi connectivity index (χ1) is 29.7. The molecule has 0 aliphatic heterocycles. The number of pyridine rings is 1. The van der Waals surface area contributed by atoms with Gasteiger partial charge in [-0.2, -0.15) is 18.2 Å². The summed E-state index contributed by atoms with van der Waals surface area (Å²) in [5.41, 5.74) is 13.5. The Balaban J connectivity index is 0.00000560. The number of ether oxygens (including phenoxy) is 1. The van der Waals surface area contributed by atoms with E-state index in [-0.39, 0.29) is 42.7 Å². The average molecular weight is 1020 g/mol. The van der Waals surface area contributed by atoms with Crippen molar-refractivity contribution in [3.8, 4) is 39.8 Å². The maximum Gasteiger partial charge on any atom is 0.268 e. The molecule has 0 saturated carbocycles. The van der Waals surface area contributed by atoms with Crippen LogP contribution in [0.5, 0.6) is 11.5 Å². The van der Waals surface area contributed by atoms with Crippen LogP contribution < -0.4 is 9.30 Å². The molecule has 9 aromatic rings. The third kappa shape index (κ3) is 8.48. The normalized spacial score (nSPS) is 12.6. The molecule has 0 aliphatic rings. The van der Waals surface area contributed by atoms with Gasteiger partial charge in [0.15, 0.2) is 0 Å². The molecule has 0 amide bonds. The monoisotopic (exact) mass is 1020 g/mol. The van der Waals surface area contributed by atoms with E-state index in [0.717, 1.165) is 55.6 Å². The van der Waals surface area contributed by atoms with Crippen LogP contribution in [0.2, 0.25) is 0 Å². The summed E-state index contributed by atoms with van der Waals surface area (Å²) < 4.78 is 13.1. The summed E-state index contributed by atoms with van der Waals surface area (Å²) >= 11 is 0. The maximum atomic E-state index is 6.65. The number of imidazole rings is 1. The van der Waals surface area contributed by atoms with Crippen LogP contribution in [0.15, 0.2) is 134 Å². The Bertz CT molecular complexity index is 3160. The number of hydrogen-bond acceptors (Lipinski definition) is 2. The minimum absolute atomic E-state index is 0. The van der Waals surface area contributed by atoms with E-state index in [1.807, 2.05) is 24.4 Å². The van der Waals surface area contributed by atoms with Gasteiger partial charge in [0.25, 0.3) is 6.33 Å². The molecule has 0 spiro atoms. The largest absolute Gasteiger partial charge is 0.510 e. The Morgan fingerprint density at radius 1 is 0.547 bits per heavy atom. The topological polar surface area (TPSA) is 35.9 Å². The number of aromatic nitrogens is 4. The Hall–Kier alpha value is -5.77. The van der Waals surface area contributed by atoms with Crippen LogP contribution >= 0.6 is 0 Å². The van der Waals surface area contributed by atoms with Gasteiger partial charge in [0, 0.05) is 44.3 Å². The van der Waals surface area contributed by atoms with Gasteiger partial charge in [-0.15, -0.1) is 29.7 Å². The third-order valence-corrected chi connectivity index (χ3v) is 12.2. The molecule has 0 fully saturated rings. The SMILES string of the molecule is CC(C)(C)c1cc(-[n+]2[c-]n(-c3[c-]c(Oc4[c-]c5c(cc4)c4ccccc4n5-c4cc(-c5ccc(C(C)(C)C)cc5C(C)(C)C)ccn4)ccc3)c3ccccc32)cc(C(C)(C)C)c1.[Pt]. The fourth-order valence-corrected chi connectivity index (χ4v) is 8.54. The Morgan fingerprint density at radius 3 is 1.89 bits per heavy atom. The average Bonchev–Trinajstić information content (AvgIpc) is 3.78. The zero-order valence-corrected chi connectivity index (χ0v) is 41.5. The second-order valence-electron chi connectivity index (χ2n) is 21.1. The summed E-state index contributed by atoms with van der Waals surface area (Å²) in [6.45, 7) is 27.3. The summed E-state index contributed by atoms with van der Waals surface area (Å²) in [4.78, 5) is 4.98. The van der Waals surface area contributed by atoms with Crippen molar-refractivity contribution in [2.75, 3.05) is 0 Å². The summed E-state index contributed by atoms with van der Waals surface area (Å²) in [5.74, 6) is 2.00. The first kappa shape index (κ1) is 44.8. The van der Waals surface area contributed by atoms with E-state index < -0.39 is 0 Å². The van der Waals surface area contributed by atoms with Gasteiger partial charge in [0.1, 0.15) is 5.82 Å². The van der Waals surface area contributed by atoms with Crippen LogP contribution in [0.25, 0.3) is 61.2 Å². The number of nitrogens with zero attached hydrogens (tertiary/aromatic N) is 4. The van der Waals surface area contributed by atoms with Crippen molar-refractivity contribution in [1.29, 1.82) is 0 Å². The first-order valence-electron chi connectivity index (χ1n) is 22.1. The molecule has 0 atom stereocenters. The zero-order chi connectivity index (χ0) is 44.6. The van der Waals surface area contributed by atoms with Crippen molar-refractivity contribution in [1.82, 2.24) is 14.1 Å². The molecule has 5 nitrogen and oxygen atoms in total. The van der Waals surface area contributed by atoms with Gasteiger partial charge in [-0.3, -0.25) is 4.57 Å². The van der Waals surface area contributed by atoms with Crippen LogP contribution in [-0.2, 0) is 42.7 Å². The minimum Gasteiger partial charge on any atom is -0.510 e. The molecular formula is C58H58N4OPt-2. The van der Waals surface area contributed by atoms with Gasteiger partial charge < -0.3 is 13.9 Å². The van der Waals surface area contributed by atoms with E-state index in [9.17, 15) is 0 Å². The van der Waals surface area contributed by atoms with E-state index in [1.165, 1.54) is 27.8 Å². The van der Waals surface area contributed by atoms with Crippen molar-refractivity contribution in [2.45, 2.75) is 105 Å². The van der Waals surface area contributed by atoms with Gasteiger partial charge >= 0.3 is 0 Å². The molecule has 6 heteroatoms. The van der Waals surface area contributed by atoms with E-state index in [0.29, 0.717) is 11.5 Å². The molecule has 0 bridgehead atoms. The first-order valence-corrected chi connectivity index (χ1v) is 22.1. The van der Waals surface area contributed by atoms with Crippen LogP contribution in [0.4, 0.5) is 0 Å². The second-order valence-corrected chi connectivity index (χ2v) is 21.1. The smallest absolute Gasteiger partial charge is 0.268 e. The molecule has 64 heavy (non-hydrogen) atoms. The molecule has 6 aromatic carbocycles. The summed E-state index contributed by atoms with van der Waals surface area (Å²) in [6.07, 6.45) is 5.62. The molecule has 3 aromatic heterocycles. The molecule has 0 aliphatic carbocycles. The van der Waals surface area contributed by atoms with Gasteiger partial charge in [0.2, 0.25) is 0 Å². The van der Waals surface area contributed by atoms with Crippen molar-refractivity contribution < 1.29 is 30.4 Å². The summed E-state index contributed by atoms with van der Waals surface area (Å²) in [6, 6.07) is 52.6. The molecule has 0 N–H and O–H groups in total. The Morgan fingerprint density at radius 2 is 1.20 bits per heavy atom. The molecule has 0 radical (unpaired) electrons. The van der Waals surface area contributed by atoms with Gasteiger partial charge in [-0.1, -0.05) is 155 Å². The molecule has 3 heterocycles. The fraction of sp³-hybridized carbons (Fsp3) is 0.276. The van der Waals surface area contributed by atoms with Crippen LogP contribution in [0, 0.1) is 18.5 Å². The third-order valence-electron chi connectivity index (χ3n) is 12.2. The molecule has 0 saturated heterocycles. The van der Waals surface area contributed by atoms with Gasteiger partial charge in [0.05, 0.1) is 16.7 Å². The van der Waals surface area contributed by atoms with E-state index in [4.69, 9.17) is 9.72 Å². The number of benzene rings is 6. The quantitative estimate of drug-likeness (QED) is 0.123. The molecule has 9 rings (SSSR count). The Kier molecular flexibility index (Phi) is 11.4. The number of rotatable bonds is 6. The van der Waals surface area contributed by atoms with Crippen molar-refractivity contribution in [3.63, 3.8) is 0 Å². The van der Waals surface area contributed by atoms with Crippen molar-refractivity contribution in [3.05, 3.63) is 174 Å². The van der Waals surface area contributed by atoms with Gasteiger partial charge in [-0.25, -0.2) is 4.98 Å². The predicted molar refractivity (Wildman–Crippen MR) is 260 cm³/mol. The van der Waals surface area contributed by atoms with Crippen molar-refractivity contribution in [2.24, 2.45) is 0 Å². The fourth-order valence-electron chi connectivity index (χ4n) is 8.54. The molecular weight excluding hydrogens is 964 g/mol. The number of hydrogen-bond donors (Lipinski definition) is 0. The minimum atomic E-state index is -0.0526. The van der Waals surface area contributed by atoms with Crippen molar-refractivity contribution >= 4 is 32.8 Å².